The van der Waals surface area contributed by atoms with Gasteiger partial charge in [-0.05, 0) is 12.8 Å². The van der Waals surface area contributed by atoms with E-state index in [2.05, 4.69) is 0 Å². The summed E-state index contributed by atoms with van der Waals surface area (Å²) in [4.78, 5) is 0. The molecule has 4 heteroatoms. The number of ether oxygens (including phenoxy) is 1. The summed E-state index contributed by atoms with van der Waals surface area (Å²) in [6.07, 6.45) is 1.56. The lowest BCUT2D eigenvalue weighted by atomic mass is 10.3. The maximum atomic E-state index is 12.9. The van der Waals surface area contributed by atoms with Crippen molar-refractivity contribution in [2.75, 3.05) is 0 Å². The van der Waals surface area contributed by atoms with Gasteiger partial charge in [-0.2, -0.15) is 4.39 Å². The Morgan fingerprint density at radius 3 is 2.46 bits per heavy atom. The molecule has 1 aliphatic carbocycles. The standard InChI is InChI=1S/C9H7F3O/c10-5-3-7(11)9(12)8(4-5)13-6-1-2-6/h3-4,6H,1-2H2. The second-order valence-electron chi connectivity index (χ2n) is 3.02. The largest absolute Gasteiger partial charge is 0.487 e. The molecule has 1 fully saturated rings. The van der Waals surface area contributed by atoms with E-state index in [1.54, 1.807) is 0 Å². The minimum Gasteiger partial charge on any atom is -0.487 e. The topological polar surface area (TPSA) is 9.23 Å². The Morgan fingerprint density at radius 1 is 1.15 bits per heavy atom. The van der Waals surface area contributed by atoms with Crippen LogP contribution in [-0.2, 0) is 0 Å². The summed E-state index contributed by atoms with van der Waals surface area (Å²) in [5, 5.41) is 0. The molecule has 2 rings (SSSR count). The highest BCUT2D eigenvalue weighted by Crippen LogP contribution is 2.29. The Balaban J connectivity index is 2.30. The van der Waals surface area contributed by atoms with Crippen LogP contribution in [0.1, 0.15) is 12.8 Å². The van der Waals surface area contributed by atoms with Crippen LogP contribution in [0.4, 0.5) is 13.2 Å². The van der Waals surface area contributed by atoms with Crippen LogP contribution in [0.2, 0.25) is 0 Å². The van der Waals surface area contributed by atoms with Gasteiger partial charge in [-0.25, -0.2) is 8.78 Å². The molecule has 13 heavy (non-hydrogen) atoms. The van der Waals surface area contributed by atoms with Crippen LogP contribution < -0.4 is 4.74 Å². The summed E-state index contributed by atoms with van der Waals surface area (Å²) in [5.41, 5.74) is 0. The smallest absolute Gasteiger partial charge is 0.200 e. The highest BCUT2D eigenvalue weighted by atomic mass is 19.2. The Bertz CT molecular complexity index is 334. The predicted octanol–water partition coefficient (Wildman–Crippen LogP) is 2.65. The monoisotopic (exact) mass is 188 g/mol. The van der Waals surface area contributed by atoms with Gasteiger partial charge in [-0.3, -0.25) is 0 Å². The van der Waals surface area contributed by atoms with Gasteiger partial charge in [-0.15, -0.1) is 0 Å². The van der Waals surface area contributed by atoms with Gasteiger partial charge in [0.05, 0.1) is 6.10 Å². The van der Waals surface area contributed by atoms with Gasteiger partial charge in [0.2, 0.25) is 5.82 Å². The molecule has 0 saturated heterocycles. The van der Waals surface area contributed by atoms with Crippen LogP contribution >= 0.6 is 0 Å². The summed E-state index contributed by atoms with van der Waals surface area (Å²) < 4.78 is 43.1. The van der Waals surface area contributed by atoms with Gasteiger partial charge in [0.25, 0.3) is 0 Å². The van der Waals surface area contributed by atoms with E-state index in [0.29, 0.717) is 6.07 Å². The molecule has 0 spiro atoms. The van der Waals surface area contributed by atoms with E-state index in [1.165, 1.54) is 0 Å². The molecule has 1 aromatic rings. The minimum absolute atomic E-state index is 0.0734. The van der Waals surface area contributed by atoms with E-state index < -0.39 is 17.5 Å². The van der Waals surface area contributed by atoms with Crippen LogP contribution in [0.3, 0.4) is 0 Å². The van der Waals surface area contributed by atoms with Crippen molar-refractivity contribution in [2.45, 2.75) is 18.9 Å². The fraction of sp³-hybridized carbons (Fsp3) is 0.333. The van der Waals surface area contributed by atoms with E-state index in [-0.39, 0.29) is 11.9 Å². The van der Waals surface area contributed by atoms with Crippen molar-refractivity contribution in [3.05, 3.63) is 29.6 Å². The zero-order chi connectivity index (χ0) is 9.42. The van der Waals surface area contributed by atoms with Crippen molar-refractivity contribution in [1.29, 1.82) is 0 Å². The van der Waals surface area contributed by atoms with Crippen LogP contribution in [0.25, 0.3) is 0 Å². The highest BCUT2D eigenvalue weighted by Gasteiger charge is 2.25. The summed E-state index contributed by atoms with van der Waals surface area (Å²) >= 11 is 0. The second-order valence-corrected chi connectivity index (χ2v) is 3.02. The molecule has 0 heterocycles. The third-order valence-electron chi connectivity index (χ3n) is 1.78. The zero-order valence-electron chi connectivity index (χ0n) is 6.69. The van der Waals surface area contributed by atoms with Gasteiger partial charge < -0.3 is 4.74 Å². The normalized spacial score (nSPS) is 15.9. The van der Waals surface area contributed by atoms with Gasteiger partial charge in [0.15, 0.2) is 11.6 Å². The average molecular weight is 188 g/mol. The van der Waals surface area contributed by atoms with Gasteiger partial charge in [0.1, 0.15) is 5.82 Å². The van der Waals surface area contributed by atoms with E-state index in [9.17, 15) is 13.2 Å². The highest BCUT2D eigenvalue weighted by molar-refractivity contribution is 5.26. The quantitative estimate of drug-likeness (QED) is 0.648. The molecule has 0 amide bonds. The average Bonchev–Trinajstić information content (AvgIpc) is 2.83. The SMILES string of the molecule is Fc1cc(F)c(F)c(OC2CC2)c1. The molecular weight excluding hydrogens is 181 g/mol. The molecule has 1 saturated carbocycles. The van der Waals surface area contributed by atoms with Crippen molar-refractivity contribution in [3.8, 4) is 5.75 Å². The van der Waals surface area contributed by atoms with Crippen molar-refractivity contribution >= 4 is 0 Å². The van der Waals surface area contributed by atoms with Gasteiger partial charge >= 0.3 is 0 Å². The van der Waals surface area contributed by atoms with E-state index >= 15 is 0 Å². The maximum Gasteiger partial charge on any atom is 0.200 e. The number of hydrogen-bond donors (Lipinski definition) is 0. The molecule has 0 N–H and O–H groups in total. The molecule has 1 aliphatic rings. The molecule has 1 nitrogen and oxygen atoms in total. The predicted molar refractivity (Wildman–Crippen MR) is 40.0 cm³/mol. The van der Waals surface area contributed by atoms with Gasteiger partial charge in [-0.1, -0.05) is 0 Å². The number of hydrogen-bond acceptors (Lipinski definition) is 1. The molecule has 0 radical (unpaired) electrons. The minimum atomic E-state index is -1.21. The zero-order valence-corrected chi connectivity index (χ0v) is 6.69. The van der Waals surface area contributed by atoms with Crippen LogP contribution in [0, 0.1) is 17.5 Å². The first-order valence-corrected chi connectivity index (χ1v) is 3.98. The van der Waals surface area contributed by atoms with Gasteiger partial charge in [0, 0.05) is 12.1 Å². The molecule has 1 aromatic carbocycles. The summed E-state index contributed by atoms with van der Waals surface area (Å²) in [6.45, 7) is 0. The maximum absolute atomic E-state index is 12.9. The van der Waals surface area contributed by atoms with E-state index in [0.717, 1.165) is 18.9 Å². The fourth-order valence-corrected chi connectivity index (χ4v) is 0.984. The third-order valence-corrected chi connectivity index (χ3v) is 1.78. The summed E-state index contributed by atoms with van der Waals surface area (Å²) in [6, 6.07) is 1.35. The van der Waals surface area contributed by atoms with E-state index in [1.807, 2.05) is 0 Å². The van der Waals surface area contributed by atoms with Crippen molar-refractivity contribution in [3.63, 3.8) is 0 Å². The molecule has 0 aliphatic heterocycles. The second kappa shape index (κ2) is 2.94. The Morgan fingerprint density at radius 2 is 1.85 bits per heavy atom. The van der Waals surface area contributed by atoms with E-state index in [4.69, 9.17) is 4.74 Å². The van der Waals surface area contributed by atoms with Crippen LogP contribution in [-0.4, -0.2) is 6.10 Å². The number of halogens is 3. The molecule has 0 aromatic heterocycles. The molecule has 0 unspecified atom stereocenters. The lowest BCUT2D eigenvalue weighted by molar-refractivity contribution is 0.280. The van der Waals surface area contributed by atoms with Crippen LogP contribution in [0.5, 0.6) is 5.75 Å². The Labute approximate surface area is 73.1 Å². The summed E-state index contributed by atoms with van der Waals surface area (Å²) in [5.74, 6) is -3.49. The van der Waals surface area contributed by atoms with Crippen molar-refractivity contribution in [1.82, 2.24) is 0 Å². The lowest BCUT2D eigenvalue weighted by Crippen LogP contribution is -2.00. The van der Waals surface area contributed by atoms with Crippen LogP contribution in [0.15, 0.2) is 12.1 Å². The Hall–Kier alpha value is -1.19. The molecule has 70 valence electrons. The molecule has 0 atom stereocenters. The van der Waals surface area contributed by atoms with Crippen molar-refractivity contribution in [2.24, 2.45) is 0 Å². The Kier molecular flexibility index (Phi) is 1.90. The third kappa shape index (κ3) is 1.76. The molecule has 0 bridgehead atoms. The molecular formula is C9H7F3O. The number of benzene rings is 1. The number of rotatable bonds is 2. The first-order chi connectivity index (χ1) is 6.16. The fourth-order valence-electron chi connectivity index (χ4n) is 0.984. The van der Waals surface area contributed by atoms with Crippen molar-refractivity contribution < 1.29 is 17.9 Å². The lowest BCUT2D eigenvalue weighted by Gasteiger charge is -2.05. The first-order valence-electron chi connectivity index (χ1n) is 3.98. The first kappa shape index (κ1) is 8.41. The summed E-state index contributed by atoms with van der Waals surface area (Å²) in [7, 11) is 0.